The first-order valence-electron chi connectivity index (χ1n) is 9.09. The molecule has 0 aliphatic carbocycles. The summed E-state index contributed by atoms with van der Waals surface area (Å²) < 4.78 is 5.67. The van der Waals surface area contributed by atoms with Crippen molar-refractivity contribution in [2.75, 3.05) is 11.9 Å². The first-order chi connectivity index (χ1) is 13.7. The van der Waals surface area contributed by atoms with Gasteiger partial charge in [-0.1, -0.05) is 42.5 Å². The largest absolute Gasteiger partial charge is 0.493 e. The van der Waals surface area contributed by atoms with E-state index in [0.29, 0.717) is 17.7 Å². The molecule has 0 fully saturated rings. The van der Waals surface area contributed by atoms with E-state index in [1.807, 2.05) is 73.7 Å². The van der Waals surface area contributed by atoms with Crippen LogP contribution < -0.4 is 10.1 Å². The third kappa shape index (κ3) is 3.26. The molecule has 4 rings (SSSR count). The number of carbonyl (C=O) groups excluding carboxylic acids is 1. The van der Waals surface area contributed by atoms with Gasteiger partial charge in [0.1, 0.15) is 5.75 Å². The van der Waals surface area contributed by atoms with Crippen molar-refractivity contribution in [3.63, 3.8) is 0 Å². The monoisotopic (exact) mass is 366 g/mol. The Morgan fingerprint density at radius 3 is 2.68 bits per heavy atom. The molecule has 1 N–H and O–H groups in total. The van der Waals surface area contributed by atoms with E-state index in [9.17, 15) is 4.79 Å². The van der Waals surface area contributed by atoms with Crippen molar-refractivity contribution in [1.82, 2.24) is 0 Å². The molecule has 0 saturated carbocycles. The molecule has 3 aromatic carbocycles. The molecule has 0 bridgehead atoms. The van der Waals surface area contributed by atoms with Gasteiger partial charge in [0.15, 0.2) is 0 Å². The van der Waals surface area contributed by atoms with Crippen molar-refractivity contribution in [3.8, 4) is 22.9 Å². The fourth-order valence-corrected chi connectivity index (χ4v) is 3.33. The van der Waals surface area contributed by atoms with Crippen molar-refractivity contribution in [1.29, 1.82) is 5.26 Å². The Balaban J connectivity index is 1.74. The molecular weight excluding hydrogens is 348 g/mol. The van der Waals surface area contributed by atoms with Crippen LogP contribution >= 0.6 is 0 Å². The maximum atomic E-state index is 12.6. The zero-order chi connectivity index (χ0) is 19.5. The molecule has 0 saturated heterocycles. The Hall–Kier alpha value is -3.84. The number of hydrogen-bond acceptors (Lipinski definition) is 3. The Morgan fingerprint density at radius 2 is 1.86 bits per heavy atom. The molecule has 4 nitrogen and oxygen atoms in total. The van der Waals surface area contributed by atoms with E-state index in [1.54, 1.807) is 6.07 Å². The van der Waals surface area contributed by atoms with Crippen molar-refractivity contribution in [2.45, 2.75) is 6.92 Å². The summed E-state index contributed by atoms with van der Waals surface area (Å²) in [7, 11) is 0. The van der Waals surface area contributed by atoms with Crippen LogP contribution in [0.3, 0.4) is 0 Å². The molecule has 1 heterocycles. The number of hydrogen-bond donors (Lipinski definition) is 1. The number of ether oxygens (including phenoxy) is 1. The van der Waals surface area contributed by atoms with E-state index < -0.39 is 0 Å². The van der Waals surface area contributed by atoms with Crippen LogP contribution in [0.25, 0.3) is 22.8 Å². The third-order valence-electron chi connectivity index (χ3n) is 4.65. The van der Waals surface area contributed by atoms with Crippen molar-refractivity contribution in [3.05, 3.63) is 83.4 Å². The van der Waals surface area contributed by atoms with Gasteiger partial charge < -0.3 is 10.1 Å². The number of carbonyl (C=O) groups is 1. The molecule has 0 aromatic heterocycles. The highest BCUT2D eigenvalue weighted by molar-refractivity contribution is 6.35. The number of anilines is 1. The number of nitriles is 1. The quantitative estimate of drug-likeness (QED) is 0.652. The lowest BCUT2D eigenvalue weighted by Crippen LogP contribution is -2.03. The summed E-state index contributed by atoms with van der Waals surface area (Å²) in [4.78, 5) is 12.6. The number of benzene rings is 3. The van der Waals surface area contributed by atoms with Crippen LogP contribution in [0.5, 0.6) is 5.75 Å². The summed E-state index contributed by atoms with van der Waals surface area (Å²) in [5, 5.41) is 12.1. The van der Waals surface area contributed by atoms with Crippen LogP contribution in [0, 0.1) is 11.3 Å². The second kappa shape index (κ2) is 7.42. The minimum atomic E-state index is -0.135. The van der Waals surface area contributed by atoms with Crippen LogP contribution in [0.15, 0.2) is 66.7 Å². The highest BCUT2D eigenvalue weighted by Gasteiger charge is 2.24. The number of amides is 1. The maximum absolute atomic E-state index is 12.6. The van der Waals surface area contributed by atoms with E-state index in [0.717, 1.165) is 33.7 Å². The third-order valence-corrected chi connectivity index (χ3v) is 4.65. The summed E-state index contributed by atoms with van der Waals surface area (Å²) >= 11 is 0. The van der Waals surface area contributed by atoms with Crippen LogP contribution in [-0.4, -0.2) is 12.5 Å². The zero-order valence-corrected chi connectivity index (χ0v) is 15.4. The average Bonchev–Trinajstić information content (AvgIpc) is 3.04. The Kier molecular flexibility index (Phi) is 4.65. The number of para-hydroxylation sites is 1. The van der Waals surface area contributed by atoms with E-state index in [1.165, 1.54) is 0 Å². The molecule has 1 aliphatic rings. The molecule has 1 aliphatic heterocycles. The number of fused-ring (bicyclic) bond motifs is 1. The standard InChI is InChI=1S/C24H18N2O2/c1-2-28-23-9-4-3-7-19(23)13-21-20-11-10-18(14-22(20)26-24(21)27)17-8-5-6-16(12-17)15-25/h3-14H,2H2,1H3,(H,26,27)/b21-13+. The summed E-state index contributed by atoms with van der Waals surface area (Å²) in [6.07, 6.45) is 1.86. The van der Waals surface area contributed by atoms with Gasteiger partial charge in [0.25, 0.3) is 5.91 Å². The topological polar surface area (TPSA) is 62.1 Å². The Labute approximate surface area is 163 Å². The summed E-state index contributed by atoms with van der Waals surface area (Å²) in [5.74, 6) is 0.618. The fraction of sp³-hybridized carbons (Fsp3) is 0.0833. The second-order valence-electron chi connectivity index (χ2n) is 6.44. The summed E-state index contributed by atoms with van der Waals surface area (Å²) in [5.41, 5.74) is 5.60. The molecule has 4 heteroatoms. The van der Waals surface area contributed by atoms with Gasteiger partial charge in [0, 0.05) is 22.4 Å². The fourth-order valence-electron chi connectivity index (χ4n) is 3.33. The molecule has 28 heavy (non-hydrogen) atoms. The van der Waals surface area contributed by atoms with E-state index >= 15 is 0 Å². The van der Waals surface area contributed by atoms with Crippen molar-refractivity contribution >= 4 is 23.2 Å². The van der Waals surface area contributed by atoms with Crippen LogP contribution in [0.2, 0.25) is 0 Å². The second-order valence-corrected chi connectivity index (χ2v) is 6.44. The molecule has 3 aromatic rings. The SMILES string of the molecule is CCOc1ccccc1/C=C1/C(=O)Nc2cc(-c3cccc(C#N)c3)ccc21. The van der Waals surface area contributed by atoms with E-state index in [2.05, 4.69) is 11.4 Å². The van der Waals surface area contributed by atoms with E-state index in [4.69, 9.17) is 10.00 Å². The van der Waals surface area contributed by atoms with Gasteiger partial charge in [-0.2, -0.15) is 5.26 Å². The Morgan fingerprint density at radius 1 is 1.04 bits per heavy atom. The van der Waals surface area contributed by atoms with Gasteiger partial charge in [-0.15, -0.1) is 0 Å². The highest BCUT2D eigenvalue weighted by atomic mass is 16.5. The summed E-state index contributed by atoms with van der Waals surface area (Å²) in [6.45, 7) is 2.50. The lowest BCUT2D eigenvalue weighted by Gasteiger charge is -2.08. The zero-order valence-electron chi connectivity index (χ0n) is 15.4. The predicted molar refractivity (Wildman–Crippen MR) is 111 cm³/mol. The molecule has 136 valence electrons. The number of nitrogens with one attached hydrogen (secondary N) is 1. The number of rotatable bonds is 4. The molecule has 0 unspecified atom stereocenters. The van der Waals surface area contributed by atoms with Gasteiger partial charge in [-0.3, -0.25) is 4.79 Å². The lowest BCUT2D eigenvalue weighted by atomic mass is 9.98. The maximum Gasteiger partial charge on any atom is 0.256 e. The van der Waals surface area contributed by atoms with Gasteiger partial charge in [-0.05, 0) is 48.4 Å². The van der Waals surface area contributed by atoms with Crippen molar-refractivity contribution in [2.24, 2.45) is 0 Å². The predicted octanol–water partition coefficient (Wildman–Crippen LogP) is 5.12. The first kappa shape index (κ1) is 17.6. The van der Waals surface area contributed by atoms with Gasteiger partial charge in [0.2, 0.25) is 0 Å². The van der Waals surface area contributed by atoms with Crippen molar-refractivity contribution < 1.29 is 9.53 Å². The molecule has 0 atom stereocenters. The van der Waals surface area contributed by atoms with Crippen LogP contribution in [0.1, 0.15) is 23.6 Å². The molecule has 0 spiro atoms. The lowest BCUT2D eigenvalue weighted by molar-refractivity contribution is -0.110. The minimum Gasteiger partial charge on any atom is -0.493 e. The van der Waals surface area contributed by atoms with Gasteiger partial charge in [0.05, 0.1) is 18.2 Å². The first-order valence-corrected chi connectivity index (χ1v) is 9.09. The van der Waals surface area contributed by atoms with E-state index in [-0.39, 0.29) is 5.91 Å². The molecular formula is C24H18N2O2. The number of nitrogens with zero attached hydrogens (tertiary/aromatic N) is 1. The van der Waals surface area contributed by atoms with Gasteiger partial charge in [-0.25, -0.2) is 0 Å². The van der Waals surface area contributed by atoms with Crippen LogP contribution in [0.4, 0.5) is 5.69 Å². The Bertz CT molecular complexity index is 1140. The highest BCUT2D eigenvalue weighted by Crippen LogP contribution is 2.37. The normalized spacial score (nSPS) is 13.7. The summed E-state index contributed by atoms with van der Waals surface area (Å²) in [6, 6.07) is 23.1. The average molecular weight is 366 g/mol. The van der Waals surface area contributed by atoms with Gasteiger partial charge >= 0.3 is 0 Å². The smallest absolute Gasteiger partial charge is 0.256 e. The minimum absolute atomic E-state index is 0.135. The molecule has 0 radical (unpaired) electrons. The van der Waals surface area contributed by atoms with Crippen LogP contribution in [-0.2, 0) is 4.79 Å². The molecule has 1 amide bonds.